The maximum absolute atomic E-state index is 12.5. The van der Waals surface area contributed by atoms with E-state index in [1.807, 2.05) is 51.1 Å². The number of hydrogen-bond acceptors (Lipinski definition) is 4. The molecule has 0 bridgehead atoms. The van der Waals surface area contributed by atoms with Gasteiger partial charge in [0.1, 0.15) is 5.01 Å². The molecule has 2 heterocycles. The summed E-state index contributed by atoms with van der Waals surface area (Å²) in [6.45, 7) is 6.98. The highest BCUT2D eigenvalue weighted by molar-refractivity contribution is 7.15. The lowest BCUT2D eigenvalue weighted by molar-refractivity contribution is 0.00420. The van der Waals surface area contributed by atoms with Crippen LogP contribution >= 0.6 is 11.3 Å². The molecule has 1 fully saturated rings. The molecule has 0 radical (unpaired) electrons. The van der Waals surface area contributed by atoms with Gasteiger partial charge in [-0.15, -0.1) is 11.3 Å². The highest BCUT2D eigenvalue weighted by Gasteiger charge is 2.30. The SMILES string of the molecule is Cc1nc(-c2ccccc2)sc1C(C)NC(=O)N1CCC(C)(O)CC1. The monoisotopic (exact) mass is 359 g/mol. The van der Waals surface area contributed by atoms with E-state index in [-0.39, 0.29) is 12.1 Å². The maximum atomic E-state index is 12.5. The molecule has 1 aliphatic heterocycles. The van der Waals surface area contributed by atoms with E-state index in [0.717, 1.165) is 21.1 Å². The number of amides is 2. The third-order valence-electron chi connectivity index (χ3n) is 4.71. The van der Waals surface area contributed by atoms with Crippen molar-refractivity contribution in [1.82, 2.24) is 15.2 Å². The number of nitrogens with one attached hydrogen (secondary N) is 1. The fraction of sp³-hybridized carbons (Fsp3) is 0.474. The van der Waals surface area contributed by atoms with Gasteiger partial charge in [-0.25, -0.2) is 9.78 Å². The van der Waals surface area contributed by atoms with Gasteiger partial charge in [0.15, 0.2) is 0 Å². The number of carbonyl (C=O) groups excluding carboxylic acids is 1. The van der Waals surface area contributed by atoms with Crippen LogP contribution in [-0.2, 0) is 0 Å². The van der Waals surface area contributed by atoms with Crippen molar-refractivity contribution in [3.63, 3.8) is 0 Å². The number of hydrogen-bond donors (Lipinski definition) is 2. The zero-order valence-electron chi connectivity index (χ0n) is 15.0. The Morgan fingerprint density at radius 1 is 1.32 bits per heavy atom. The van der Waals surface area contributed by atoms with Crippen molar-refractivity contribution < 1.29 is 9.90 Å². The average Bonchev–Trinajstić information content (AvgIpc) is 2.97. The molecule has 2 amide bonds. The Morgan fingerprint density at radius 2 is 1.96 bits per heavy atom. The predicted molar refractivity (Wildman–Crippen MR) is 101 cm³/mol. The highest BCUT2D eigenvalue weighted by atomic mass is 32.1. The second kappa shape index (κ2) is 7.14. The third kappa shape index (κ3) is 4.19. The minimum atomic E-state index is -0.652. The van der Waals surface area contributed by atoms with Crippen LogP contribution in [0, 0.1) is 6.92 Å². The van der Waals surface area contributed by atoms with E-state index in [2.05, 4.69) is 10.3 Å². The second-order valence-electron chi connectivity index (χ2n) is 6.99. The molecule has 1 aliphatic rings. The molecule has 2 N–H and O–H groups in total. The van der Waals surface area contributed by atoms with E-state index in [1.54, 1.807) is 16.2 Å². The molecule has 25 heavy (non-hydrogen) atoms. The maximum Gasteiger partial charge on any atom is 0.317 e. The summed E-state index contributed by atoms with van der Waals surface area (Å²) in [7, 11) is 0. The number of rotatable bonds is 3. The van der Waals surface area contributed by atoms with Crippen LogP contribution in [0.2, 0.25) is 0 Å². The van der Waals surface area contributed by atoms with Crippen LogP contribution in [0.5, 0.6) is 0 Å². The standard InChI is InChI=1S/C19H25N3O2S/c1-13-16(25-17(20-13)15-7-5-4-6-8-15)14(2)21-18(23)22-11-9-19(3,24)10-12-22/h4-8,14,24H,9-12H2,1-3H3,(H,21,23). The van der Waals surface area contributed by atoms with Gasteiger partial charge in [0.2, 0.25) is 0 Å². The number of benzene rings is 1. The first-order chi connectivity index (χ1) is 11.9. The zero-order chi connectivity index (χ0) is 18.0. The number of carbonyl (C=O) groups is 1. The molecule has 134 valence electrons. The number of aromatic nitrogens is 1. The summed E-state index contributed by atoms with van der Waals surface area (Å²) in [6.07, 6.45) is 1.24. The summed E-state index contributed by atoms with van der Waals surface area (Å²) >= 11 is 1.62. The van der Waals surface area contributed by atoms with E-state index in [4.69, 9.17) is 0 Å². The number of aliphatic hydroxyl groups is 1. The molecule has 3 rings (SSSR count). The number of urea groups is 1. The first-order valence-corrected chi connectivity index (χ1v) is 9.48. The van der Waals surface area contributed by atoms with Crippen molar-refractivity contribution >= 4 is 17.4 Å². The molecule has 1 aromatic heterocycles. The van der Waals surface area contributed by atoms with Crippen LogP contribution in [0.25, 0.3) is 10.6 Å². The minimum absolute atomic E-state index is 0.0722. The largest absolute Gasteiger partial charge is 0.390 e. The zero-order valence-corrected chi connectivity index (χ0v) is 15.8. The third-order valence-corrected chi connectivity index (χ3v) is 6.10. The Labute approximate surface area is 152 Å². The normalized spacial score (nSPS) is 18.0. The fourth-order valence-corrected chi connectivity index (χ4v) is 4.12. The molecule has 2 aromatic rings. The van der Waals surface area contributed by atoms with Gasteiger partial charge in [0, 0.05) is 18.7 Å². The Balaban J connectivity index is 1.66. The van der Waals surface area contributed by atoms with Gasteiger partial charge in [-0.2, -0.15) is 0 Å². The van der Waals surface area contributed by atoms with Gasteiger partial charge in [-0.1, -0.05) is 30.3 Å². The molecule has 1 atom stereocenters. The molecule has 1 unspecified atom stereocenters. The van der Waals surface area contributed by atoms with Crippen molar-refractivity contribution in [2.45, 2.75) is 45.3 Å². The second-order valence-corrected chi connectivity index (χ2v) is 8.02. The lowest BCUT2D eigenvalue weighted by atomic mass is 9.94. The van der Waals surface area contributed by atoms with Crippen molar-refractivity contribution in [3.05, 3.63) is 40.9 Å². The summed E-state index contributed by atoms with van der Waals surface area (Å²) in [4.78, 5) is 20.0. The molecule has 0 aliphatic carbocycles. The molecular weight excluding hydrogens is 334 g/mol. The summed E-state index contributed by atoms with van der Waals surface area (Å²) < 4.78 is 0. The Hall–Kier alpha value is -1.92. The van der Waals surface area contributed by atoms with Crippen LogP contribution in [-0.4, -0.2) is 39.7 Å². The van der Waals surface area contributed by atoms with Gasteiger partial charge in [-0.3, -0.25) is 0 Å². The van der Waals surface area contributed by atoms with Gasteiger partial charge in [0.25, 0.3) is 0 Å². The quantitative estimate of drug-likeness (QED) is 0.877. The number of thiazole rings is 1. The highest BCUT2D eigenvalue weighted by Crippen LogP contribution is 2.32. The van der Waals surface area contributed by atoms with E-state index in [9.17, 15) is 9.90 Å². The fourth-order valence-electron chi connectivity index (χ4n) is 3.05. The van der Waals surface area contributed by atoms with Gasteiger partial charge in [0.05, 0.1) is 22.2 Å². The molecular formula is C19H25N3O2S. The summed E-state index contributed by atoms with van der Waals surface area (Å²) in [5.74, 6) is 0. The van der Waals surface area contributed by atoms with E-state index < -0.39 is 5.60 Å². The van der Waals surface area contributed by atoms with Crippen molar-refractivity contribution in [2.75, 3.05) is 13.1 Å². The molecule has 1 saturated heterocycles. The lowest BCUT2D eigenvalue weighted by Gasteiger charge is -2.36. The Kier molecular flexibility index (Phi) is 5.11. The van der Waals surface area contributed by atoms with E-state index in [1.165, 1.54) is 0 Å². The van der Waals surface area contributed by atoms with E-state index in [0.29, 0.717) is 25.9 Å². The summed E-state index contributed by atoms with van der Waals surface area (Å²) in [5, 5.41) is 14.1. The lowest BCUT2D eigenvalue weighted by Crippen LogP contribution is -2.49. The van der Waals surface area contributed by atoms with Crippen LogP contribution in [0.4, 0.5) is 4.79 Å². The molecule has 5 nitrogen and oxygen atoms in total. The minimum Gasteiger partial charge on any atom is -0.390 e. The molecule has 6 heteroatoms. The number of nitrogens with zero attached hydrogens (tertiary/aromatic N) is 2. The van der Waals surface area contributed by atoms with Crippen molar-refractivity contribution in [1.29, 1.82) is 0 Å². The van der Waals surface area contributed by atoms with Crippen molar-refractivity contribution in [2.24, 2.45) is 0 Å². The number of likely N-dealkylation sites (tertiary alicyclic amines) is 1. The Morgan fingerprint density at radius 3 is 2.60 bits per heavy atom. The van der Waals surface area contributed by atoms with Gasteiger partial charge in [-0.05, 0) is 33.6 Å². The first-order valence-electron chi connectivity index (χ1n) is 8.66. The van der Waals surface area contributed by atoms with Gasteiger partial charge >= 0.3 is 6.03 Å². The number of aryl methyl sites for hydroxylation is 1. The van der Waals surface area contributed by atoms with E-state index >= 15 is 0 Å². The summed E-state index contributed by atoms with van der Waals surface area (Å²) in [5.41, 5.74) is 1.40. The summed E-state index contributed by atoms with van der Waals surface area (Å²) in [6, 6.07) is 9.92. The molecule has 0 spiro atoms. The number of piperidine rings is 1. The van der Waals surface area contributed by atoms with Crippen LogP contribution in [0.3, 0.4) is 0 Å². The molecule has 0 saturated carbocycles. The molecule has 1 aromatic carbocycles. The first kappa shape index (κ1) is 17.9. The van der Waals surface area contributed by atoms with Crippen molar-refractivity contribution in [3.8, 4) is 10.6 Å². The predicted octanol–water partition coefficient (Wildman–Crippen LogP) is 3.74. The Bertz CT molecular complexity index is 732. The smallest absolute Gasteiger partial charge is 0.317 e. The van der Waals surface area contributed by atoms with Crippen LogP contribution in [0.15, 0.2) is 30.3 Å². The average molecular weight is 359 g/mol. The van der Waals surface area contributed by atoms with Crippen LogP contribution < -0.4 is 5.32 Å². The van der Waals surface area contributed by atoms with Crippen LogP contribution in [0.1, 0.15) is 43.3 Å². The topological polar surface area (TPSA) is 65.5 Å². The van der Waals surface area contributed by atoms with Gasteiger partial charge < -0.3 is 15.3 Å².